The predicted octanol–water partition coefficient (Wildman–Crippen LogP) is 3.22. The van der Waals surface area contributed by atoms with Crippen LogP contribution in [0.3, 0.4) is 0 Å². The molecule has 0 N–H and O–H groups in total. The molecule has 0 atom stereocenters. The minimum absolute atomic E-state index is 0.00100. The minimum atomic E-state index is -0.678. The molecule has 3 rings (SSSR count). The van der Waals surface area contributed by atoms with Gasteiger partial charge in [0, 0.05) is 5.56 Å². The van der Waals surface area contributed by atoms with Crippen molar-refractivity contribution < 1.29 is 23.8 Å². The van der Waals surface area contributed by atoms with Gasteiger partial charge in [0.05, 0.1) is 0 Å². The van der Waals surface area contributed by atoms with Gasteiger partial charge in [-0.3, -0.25) is 4.79 Å². The molecule has 117 valence electrons. The van der Waals surface area contributed by atoms with Gasteiger partial charge in [0.15, 0.2) is 11.5 Å². The summed E-state index contributed by atoms with van der Waals surface area (Å²) in [6.07, 6.45) is 1.73. The van der Waals surface area contributed by atoms with Gasteiger partial charge >= 0.3 is 5.97 Å². The molecular formula is C18H15O5. The Labute approximate surface area is 133 Å². The third-order valence-electron chi connectivity index (χ3n) is 3.61. The van der Waals surface area contributed by atoms with Gasteiger partial charge in [-0.25, -0.2) is 4.79 Å². The highest BCUT2D eigenvalue weighted by atomic mass is 16.7. The summed E-state index contributed by atoms with van der Waals surface area (Å²) in [4.78, 5) is 23.5. The number of carbonyl (C=O) groups is 1. The number of hydrogen-bond acceptors (Lipinski definition) is 5. The highest BCUT2D eigenvalue weighted by Gasteiger charge is 2.27. The molecule has 0 amide bonds. The van der Waals surface area contributed by atoms with Crippen molar-refractivity contribution in [1.82, 2.24) is 0 Å². The molecule has 5 nitrogen and oxygen atoms in total. The lowest BCUT2D eigenvalue weighted by Crippen LogP contribution is -2.12. The number of carbonyl (C=O) groups excluding carboxylic acids is 2. The minimum Gasteiger partial charge on any atom is -0.454 e. The first-order valence-corrected chi connectivity index (χ1v) is 7.23. The molecule has 1 heterocycles. The zero-order valence-electron chi connectivity index (χ0n) is 12.8. The van der Waals surface area contributed by atoms with Crippen molar-refractivity contribution in [2.24, 2.45) is 0 Å². The fourth-order valence-corrected chi connectivity index (χ4v) is 2.34. The average Bonchev–Trinajstić information content (AvgIpc) is 3.02. The molecule has 2 aromatic carbocycles. The Balaban J connectivity index is 1.89. The van der Waals surface area contributed by atoms with E-state index < -0.39 is 5.97 Å². The van der Waals surface area contributed by atoms with Gasteiger partial charge in [-0.2, -0.15) is 0 Å². The molecule has 0 saturated heterocycles. The molecule has 0 spiro atoms. The van der Waals surface area contributed by atoms with Crippen LogP contribution < -0.4 is 14.2 Å². The molecule has 0 aliphatic carbocycles. The summed E-state index contributed by atoms with van der Waals surface area (Å²) in [5, 5.41) is 0. The third kappa shape index (κ3) is 2.90. The van der Waals surface area contributed by atoms with E-state index >= 15 is 0 Å². The Morgan fingerprint density at radius 3 is 2.52 bits per heavy atom. The molecule has 1 radical (unpaired) electrons. The lowest BCUT2D eigenvalue weighted by molar-refractivity contribution is 0.0729. The van der Waals surface area contributed by atoms with Crippen molar-refractivity contribution in [3.05, 3.63) is 53.1 Å². The Morgan fingerprint density at radius 2 is 1.87 bits per heavy atom. The van der Waals surface area contributed by atoms with Gasteiger partial charge in [0.1, 0.15) is 11.3 Å². The van der Waals surface area contributed by atoms with E-state index in [1.807, 2.05) is 12.1 Å². The van der Waals surface area contributed by atoms with Gasteiger partial charge in [0.25, 0.3) is 0 Å². The number of ether oxygens (including phenoxy) is 3. The topological polar surface area (TPSA) is 61.8 Å². The first kappa shape index (κ1) is 15.1. The van der Waals surface area contributed by atoms with Crippen LogP contribution in [-0.2, 0) is 4.79 Å². The molecule has 0 saturated carbocycles. The van der Waals surface area contributed by atoms with Crippen molar-refractivity contribution in [2.45, 2.75) is 19.8 Å². The van der Waals surface area contributed by atoms with Crippen molar-refractivity contribution in [3.8, 4) is 17.2 Å². The van der Waals surface area contributed by atoms with Crippen LogP contribution in [0.1, 0.15) is 41.3 Å². The number of rotatable bonds is 4. The first-order valence-electron chi connectivity index (χ1n) is 7.23. The van der Waals surface area contributed by atoms with Crippen molar-refractivity contribution in [2.75, 3.05) is 6.79 Å². The number of esters is 1. The van der Waals surface area contributed by atoms with Crippen molar-refractivity contribution >= 4 is 12.3 Å². The Hall–Kier alpha value is -2.82. The molecule has 1 aliphatic heterocycles. The normalized spacial score (nSPS) is 12.3. The maximum absolute atomic E-state index is 12.4. The summed E-state index contributed by atoms with van der Waals surface area (Å²) in [7, 11) is 0. The van der Waals surface area contributed by atoms with E-state index in [4.69, 9.17) is 14.2 Å². The maximum atomic E-state index is 12.4. The largest absolute Gasteiger partial charge is 0.454 e. The summed E-state index contributed by atoms with van der Waals surface area (Å²) in [5.74, 6) is 0.732. The van der Waals surface area contributed by atoms with Crippen LogP contribution in [0, 0.1) is 0 Å². The maximum Gasteiger partial charge on any atom is 0.348 e. The van der Waals surface area contributed by atoms with Gasteiger partial charge in [0.2, 0.25) is 13.1 Å². The van der Waals surface area contributed by atoms with E-state index in [1.54, 1.807) is 24.5 Å². The van der Waals surface area contributed by atoms with Crippen LogP contribution in [0.15, 0.2) is 36.4 Å². The second-order valence-electron chi connectivity index (χ2n) is 5.44. The summed E-state index contributed by atoms with van der Waals surface area (Å²) >= 11 is 0. The molecule has 5 heteroatoms. The van der Waals surface area contributed by atoms with E-state index in [-0.39, 0.29) is 23.7 Å². The Morgan fingerprint density at radius 1 is 1.13 bits per heavy atom. The molecule has 2 aromatic rings. The smallest absolute Gasteiger partial charge is 0.348 e. The molecule has 23 heavy (non-hydrogen) atoms. The van der Waals surface area contributed by atoms with Crippen LogP contribution >= 0.6 is 0 Å². The zero-order valence-corrected chi connectivity index (χ0v) is 12.8. The third-order valence-corrected chi connectivity index (χ3v) is 3.61. The molecule has 0 unspecified atom stereocenters. The van der Waals surface area contributed by atoms with Crippen LogP contribution in [0.5, 0.6) is 17.2 Å². The fraction of sp³-hybridized carbons (Fsp3) is 0.222. The molecular weight excluding hydrogens is 296 g/mol. The average molecular weight is 311 g/mol. The van der Waals surface area contributed by atoms with E-state index in [1.165, 1.54) is 6.07 Å². The van der Waals surface area contributed by atoms with E-state index in [2.05, 4.69) is 13.8 Å². The second kappa shape index (κ2) is 6.12. The summed E-state index contributed by atoms with van der Waals surface area (Å²) < 4.78 is 15.9. The number of hydrogen-bond donors (Lipinski definition) is 0. The lowest BCUT2D eigenvalue weighted by atomic mass is 10.0. The van der Waals surface area contributed by atoms with Gasteiger partial charge in [-0.15, -0.1) is 0 Å². The Bertz CT molecular complexity index is 747. The second-order valence-corrected chi connectivity index (χ2v) is 5.44. The van der Waals surface area contributed by atoms with Crippen LogP contribution in [0.25, 0.3) is 0 Å². The molecule has 0 bridgehead atoms. The summed E-state index contributed by atoms with van der Waals surface area (Å²) in [6.45, 7) is 4.16. The quantitative estimate of drug-likeness (QED) is 0.641. The number of fused-ring (bicyclic) bond motifs is 1. The Kier molecular flexibility index (Phi) is 4.02. The van der Waals surface area contributed by atoms with Gasteiger partial charge in [-0.05, 0) is 35.7 Å². The van der Waals surface area contributed by atoms with Crippen LogP contribution in [0.4, 0.5) is 0 Å². The van der Waals surface area contributed by atoms with Crippen LogP contribution in [0.2, 0.25) is 0 Å². The molecule has 1 aliphatic rings. The van der Waals surface area contributed by atoms with E-state index in [9.17, 15) is 9.59 Å². The number of benzene rings is 2. The highest BCUT2D eigenvalue weighted by Crippen LogP contribution is 2.37. The fourth-order valence-electron chi connectivity index (χ4n) is 2.34. The SMILES string of the molecule is CC(C)c1ccc(OC(=O)c2c([C]=O)ccc3c2OCO3)cc1. The standard InChI is InChI=1S/C18H15O5/c1-11(2)12-3-6-14(7-4-12)23-18(20)16-13(9-19)5-8-15-17(16)22-10-21-15/h3-8,11H,10H2,1-2H3. The monoisotopic (exact) mass is 311 g/mol. The lowest BCUT2D eigenvalue weighted by Gasteiger charge is -2.10. The van der Waals surface area contributed by atoms with Crippen LogP contribution in [-0.4, -0.2) is 19.0 Å². The van der Waals surface area contributed by atoms with Crippen molar-refractivity contribution in [1.29, 1.82) is 0 Å². The van der Waals surface area contributed by atoms with E-state index in [0.29, 0.717) is 17.4 Å². The first-order chi connectivity index (χ1) is 11.1. The molecule has 0 aromatic heterocycles. The summed E-state index contributed by atoms with van der Waals surface area (Å²) in [5.41, 5.74) is 1.25. The molecule has 0 fully saturated rings. The van der Waals surface area contributed by atoms with Crippen molar-refractivity contribution in [3.63, 3.8) is 0 Å². The van der Waals surface area contributed by atoms with Gasteiger partial charge in [-0.1, -0.05) is 26.0 Å². The van der Waals surface area contributed by atoms with E-state index in [0.717, 1.165) is 5.56 Å². The predicted molar refractivity (Wildman–Crippen MR) is 82.9 cm³/mol. The highest BCUT2D eigenvalue weighted by molar-refractivity contribution is 6.02. The van der Waals surface area contributed by atoms with Gasteiger partial charge < -0.3 is 14.2 Å². The zero-order chi connectivity index (χ0) is 16.4. The summed E-state index contributed by atoms with van der Waals surface area (Å²) in [6, 6.07) is 10.3.